The molecule has 0 aliphatic carbocycles. The van der Waals surface area contributed by atoms with Crippen LogP contribution in [0.5, 0.6) is 0 Å². The third-order valence-electron chi connectivity index (χ3n) is 4.21. The van der Waals surface area contributed by atoms with Crippen molar-refractivity contribution in [1.29, 1.82) is 0 Å². The lowest BCUT2D eigenvalue weighted by molar-refractivity contribution is 0.0733. The summed E-state index contributed by atoms with van der Waals surface area (Å²) in [6.07, 6.45) is 3.90. The highest BCUT2D eigenvalue weighted by Gasteiger charge is 2.34. The van der Waals surface area contributed by atoms with Gasteiger partial charge in [-0.15, -0.1) is 21.5 Å². The zero-order valence-electron chi connectivity index (χ0n) is 12.3. The van der Waals surface area contributed by atoms with E-state index in [2.05, 4.69) is 10.2 Å². The summed E-state index contributed by atoms with van der Waals surface area (Å²) in [5.41, 5.74) is 1.87. The fraction of sp³-hybridized carbons (Fsp3) is 0.312. The van der Waals surface area contributed by atoms with E-state index in [1.807, 2.05) is 52.1 Å². The van der Waals surface area contributed by atoms with Gasteiger partial charge in [-0.1, -0.05) is 6.07 Å². The molecular weight excluding hydrogens is 296 g/mol. The maximum Gasteiger partial charge on any atom is 0.264 e. The quantitative estimate of drug-likeness (QED) is 0.730. The first-order chi connectivity index (χ1) is 10.8. The molecule has 1 fully saturated rings. The van der Waals surface area contributed by atoms with Crippen LogP contribution < -0.4 is 0 Å². The molecule has 3 aromatic heterocycles. The number of aryl methyl sites for hydroxylation is 1. The van der Waals surface area contributed by atoms with Gasteiger partial charge in [-0.3, -0.25) is 9.20 Å². The average Bonchev–Trinajstić information content (AvgIpc) is 3.24. The molecule has 4 rings (SSSR count). The molecule has 1 saturated heterocycles. The van der Waals surface area contributed by atoms with Gasteiger partial charge >= 0.3 is 0 Å². The van der Waals surface area contributed by atoms with Gasteiger partial charge in [0.25, 0.3) is 5.91 Å². The number of hydrogen-bond donors (Lipinski definition) is 0. The summed E-state index contributed by atoms with van der Waals surface area (Å²) in [6.45, 7) is 2.77. The van der Waals surface area contributed by atoms with Gasteiger partial charge in [-0.2, -0.15) is 0 Å². The Kier molecular flexibility index (Phi) is 3.18. The molecule has 0 radical (unpaired) electrons. The minimum atomic E-state index is 0.00593. The average molecular weight is 312 g/mol. The zero-order valence-corrected chi connectivity index (χ0v) is 13.1. The first-order valence-corrected chi connectivity index (χ1v) is 8.28. The first kappa shape index (κ1) is 13.5. The van der Waals surface area contributed by atoms with Gasteiger partial charge in [-0.05, 0) is 48.9 Å². The highest BCUT2D eigenvalue weighted by molar-refractivity contribution is 7.12. The Balaban J connectivity index is 1.72. The summed E-state index contributed by atoms with van der Waals surface area (Å²) in [5.74, 6) is 0.971. The Bertz CT molecular complexity index is 837. The maximum atomic E-state index is 12.8. The van der Waals surface area contributed by atoms with Gasteiger partial charge in [0.1, 0.15) is 0 Å². The molecule has 3 aromatic rings. The molecule has 0 unspecified atom stereocenters. The standard InChI is InChI=1S/C16H16N4OS/c1-11-7-10-22-14(11)16(21)19-9-4-5-12(19)15-18-17-13-6-2-3-8-20(13)15/h2-3,6-8,10,12H,4-5,9H2,1H3/t12-/m0/s1. The summed E-state index contributed by atoms with van der Waals surface area (Å²) in [7, 11) is 0. The lowest BCUT2D eigenvalue weighted by atomic mass is 10.2. The Hall–Kier alpha value is -2.21. The van der Waals surface area contributed by atoms with Gasteiger partial charge in [0.2, 0.25) is 0 Å². The fourth-order valence-electron chi connectivity index (χ4n) is 3.09. The number of rotatable bonds is 2. The van der Waals surface area contributed by atoms with Crippen LogP contribution in [0.15, 0.2) is 35.8 Å². The van der Waals surface area contributed by atoms with Crippen LogP contribution in [0.2, 0.25) is 0 Å². The number of likely N-dealkylation sites (tertiary alicyclic amines) is 1. The highest BCUT2D eigenvalue weighted by atomic mass is 32.1. The van der Waals surface area contributed by atoms with E-state index in [0.29, 0.717) is 0 Å². The molecule has 0 N–H and O–H groups in total. The van der Waals surface area contributed by atoms with Crippen LogP contribution in [0.4, 0.5) is 0 Å². The summed E-state index contributed by atoms with van der Waals surface area (Å²) < 4.78 is 1.98. The van der Waals surface area contributed by atoms with Crippen LogP contribution in [-0.2, 0) is 0 Å². The summed E-state index contributed by atoms with van der Waals surface area (Å²) >= 11 is 1.51. The Morgan fingerprint density at radius 3 is 3.05 bits per heavy atom. The van der Waals surface area contributed by atoms with E-state index in [9.17, 15) is 4.79 Å². The molecule has 0 spiro atoms. The SMILES string of the molecule is Cc1ccsc1C(=O)N1CCC[C@H]1c1nnc2ccccn12. The maximum absolute atomic E-state index is 12.8. The number of aromatic nitrogens is 3. The Labute approximate surface area is 132 Å². The predicted octanol–water partition coefficient (Wildman–Crippen LogP) is 3.08. The van der Waals surface area contributed by atoms with Crippen molar-refractivity contribution in [3.8, 4) is 0 Å². The van der Waals surface area contributed by atoms with Gasteiger partial charge < -0.3 is 4.90 Å². The van der Waals surface area contributed by atoms with Crippen molar-refractivity contribution in [3.05, 3.63) is 52.1 Å². The zero-order chi connectivity index (χ0) is 15.1. The molecule has 6 heteroatoms. The van der Waals surface area contributed by atoms with Crippen molar-refractivity contribution in [2.45, 2.75) is 25.8 Å². The monoisotopic (exact) mass is 312 g/mol. The molecule has 0 bridgehead atoms. The van der Waals surface area contributed by atoms with Gasteiger partial charge in [0.05, 0.1) is 10.9 Å². The van der Waals surface area contributed by atoms with Crippen LogP contribution in [0.3, 0.4) is 0 Å². The van der Waals surface area contributed by atoms with Gasteiger partial charge in [0, 0.05) is 12.7 Å². The van der Waals surface area contributed by atoms with Crippen molar-refractivity contribution in [1.82, 2.24) is 19.5 Å². The third-order valence-corrected chi connectivity index (χ3v) is 5.21. The number of fused-ring (bicyclic) bond motifs is 1. The van der Waals surface area contributed by atoms with E-state index in [1.54, 1.807) is 0 Å². The van der Waals surface area contributed by atoms with Crippen molar-refractivity contribution in [2.24, 2.45) is 0 Å². The van der Waals surface area contributed by atoms with Gasteiger partial charge in [-0.25, -0.2) is 0 Å². The second-order valence-corrected chi connectivity index (χ2v) is 6.49. The molecule has 0 saturated carbocycles. The molecule has 0 aromatic carbocycles. The number of nitrogens with zero attached hydrogens (tertiary/aromatic N) is 4. The molecule has 4 heterocycles. The molecular formula is C16H16N4OS. The predicted molar refractivity (Wildman–Crippen MR) is 85.1 cm³/mol. The lowest BCUT2D eigenvalue weighted by Gasteiger charge is -2.23. The number of pyridine rings is 1. The van der Waals surface area contributed by atoms with Crippen LogP contribution in [-0.4, -0.2) is 31.9 Å². The summed E-state index contributed by atoms with van der Waals surface area (Å²) in [4.78, 5) is 15.6. The number of carbonyl (C=O) groups excluding carboxylic acids is 1. The molecule has 112 valence electrons. The number of hydrogen-bond acceptors (Lipinski definition) is 4. The smallest absolute Gasteiger partial charge is 0.264 e. The van der Waals surface area contributed by atoms with Crippen molar-refractivity contribution >= 4 is 22.9 Å². The highest BCUT2D eigenvalue weighted by Crippen LogP contribution is 2.33. The van der Waals surface area contributed by atoms with E-state index < -0.39 is 0 Å². The van der Waals surface area contributed by atoms with E-state index in [0.717, 1.165) is 41.3 Å². The summed E-state index contributed by atoms with van der Waals surface area (Å²) in [5, 5.41) is 10.5. The second kappa shape index (κ2) is 5.21. The van der Waals surface area contributed by atoms with Gasteiger partial charge in [0.15, 0.2) is 11.5 Å². The number of amides is 1. The largest absolute Gasteiger partial charge is 0.328 e. The molecule has 5 nitrogen and oxygen atoms in total. The lowest BCUT2D eigenvalue weighted by Crippen LogP contribution is -2.31. The first-order valence-electron chi connectivity index (χ1n) is 7.40. The van der Waals surface area contributed by atoms with E-state index in [4.69, 9.17) is 0 Å². The van der Waals surface area contributed by atoms with E-state index >= 15 is 0 Å². The Morgan fingerprint density at radius 1 is 1.32 bits per heavy atom. The third kappa shape index (κ3) is 2.02. The van der Waals surface area contributed by atoms with Crippen molar-refractivity contribution in [3.63, 3.8) is 0 Å². The Morgan fingerprint density at radius 2 is 2.23 bits per heavy atom. The van der Waals surface area contributed by atoms with Crippen LogP contribution in [0.1, 0.15) is 39.9 Å². The van der Waals surface area contributed by atoms with Crippen molar-refractivity contribution in [2.75, 3.05) is 6.54 Å². The number of thiophene rings is 1. The molecule has 1 aliphatic rings. The topological polar surface area (TPSA) is 50.5 Å². The molecule has 1 aliphatic heterocycles. The molecule has 1 atom stereocenters. The fourth-order valence-corrected chi connectivity index (χ4v) is 3.97. The summed E-state index contributed by atoms with van der Waals surface area (Å²) in [6, 6.07) is 7.84. The minimum Gasteiger partial charge on any atom is -0.328 e. The number of carbonyl (C=O) groups is 1. The second-order valence-electron chi connectivity index (χ2n) is 5.58. The van der Waals surface area contributed by atoms with E-state index in [-0.39, 0.29) is 11.9 Å². The van der Waals surface area contributed by atoms with Crippen LogP contribution in [0.25, 0.3) is 5.65 Å². The minimum absolute atomic E-state index is 0.00593. The van der Waals surface area contributed by atoms with Crippen LogP contribution in [0, 0.1) is 6.92 Å². The van der Waals surface area contributed by atoms with E-state index in [1.165, 1.54) is 11.3 Å². The molecule has 1 amide bonds. The van der Waals surface area contributed by atoms with Crippen LogP contribution >= 0.6 is 11.3 Å². The molecule has 22 heavy (non-hydrogen) atoms. The van der Waals surface area contributed by atoms with Crippen molar-refractivity contribution < 1.29 is 4.79 Å². The normalized spacial score (nSPS) is 18.2.